The summed E-state index contributed by atoms with van der Waals surface area (Å²) in [6, 6.07) is 20.7. The fourth-order valence-electron chi connectivity index (χ4n) is 3.87. The van der Waals surface area contributed by atoms with Gasteiger partial charge in [-0.2, -0.15) is 0 Å². The second kappa shape index (κ2) is 10.1. The number of benzene rings is 3. The third-order valence-corrected chi connectivity index (χ3v) is 7.58. The van der Waals surface area contributed by atoms with Crippen LogP contribution in [-0.2, 0) is 14.8 Å². The number of hydrogen-bond donors (Lipinski definition) is 0. The number of rotatable bonds is 7. The molecular weight excluding hydrogens is 457 g/mol. The van der Waals surface area contributed by atoms with Crippen LogP contribution in [0, 0.1) is 5.82 Å². The van der Waals surface area contributed by atoms with Crippen molar-refractivity contribution in [1.82, 2.24) is 4.90 Å². The van der Waals surface area contributed by atoms with E-state index in [1.54, 1.807) is 30.2 Å². The molecule has 34 heavy (non-hydrogen) atoms. The Balaban J connectivity index is 1.49. The van der Waals surface area contributed by atoms with Crippen LogP contribution in [0.5, 0.6) is 5.75 Å². The van der Waals surface area contributed by atoms with Crippen molar-refractivity contribution in [2.45, 2.75) is 4.90 Å². The highest BCUT2D eigenvalue weighted by atomic mass is 32.2. The summed E-state index contributed by atoms with van der Waals surface area (Å²) in [5.41, 5.74) is 1.27. The highest BCUT2D eigenvalue weighted by Gasteiger charge is 2.30. The Hall–Kier alpha value is -3.59. The Morgan fingerprint density at radius 3 is 2.12 bits per heavy atom. The molecule has 1 aliphatic heterocycles. The maximum absolute atomic E-state index is 13.5. The van der Waals surface area contributed by atoms with Crippen LogP contribution in [0.15, 0.2) is 83.8 Å². The minimum atomic E-state index is -4.02. The Morgan fingerprint density at radius 2 is 1.53 bits per heavy atom. The van der Waals surface area contributed by atoms with Crippen LogP contribution in [0.3, 0.4) is 0 Å². The number of amides is 1. The summed E-state index contributed by atoms with van der Waals surface area (Å²) < 4.78 is 46.5. The van der Waals surface area contributed by atoms with Crippen LogP contribution in [-0.4, -0.2) is 59.1 Å². The van der Waals surface area contributed by atoms with Crippen molar-refractivity contribution in [3.8, 4) is 5.75 Å². The van der Waals surface area contributed by atoms with E-state index in [0.717, 1.165) is 15.7 Å². The van der Waals surface area contributed by atoms with E-state index in [4.69, 9.17) is 4.74 Å². The first-order chi connectivity index (χ1) is 16.4. The van der Waals surface area contributed by atoms with E-state index in [1.807, 2.05) is 24.3 Å². The molecule has 0 atom stereocenters. The van der Waals surface area contributed by atoms with Crippen LogP contribution in [0.2, 0.25) is 0 Å². The Labute approximate surface area is 199 Å². The van der Waals surface area contributed by atoms with Crippen molar-refractivity contribution in [2.75, 3.05) is 49.0 Å². The number of anilines is 2. The van der Waals surface area contributed by atoms with Gasteiger partial charge in [0.25, 0.3) is 10.0 Å². The van der Waals surface area contributed by atoms with Gasteiger partial charge < -0.3 is 14.5 Å². The molecule has 0 radical (unpaired) electrons. The molecule has 1 aliphatic rings. The molecule has 3 aromatic rings. The topological polar surface area (TPSA) is 70.2 Å². The summed E-state index contributed by atoms with van der Waals surface area (Å²) >= 11 is 0. The number of carbonyl (C=O) groups excluding carboxylic acids is 1. The summed E-state index contributed by atoms with van der Waals surface area (Å²) in [6.45, 7) is 1.81. The van der Waals surface area contributed by atoms with E-state index < -0.39 is 15.8 Å². The molecule has 178 valence electrons. The third kappa shape index (κ3) is 5.14. The van der Waals surface area contributed by atoms with Gasteiger partial charge in [0.2, 0.25) is 5.91 Å². The van der Waals surface area contributed by atoms with Gasteiger partial charge in [0.05, 0.1) is 17.7 Å². The lowest BCUT2D eigenvalue weighted by molar-refractivity contribution is -0.129. The van der Waals surface area contributed by atoms with Gasteiger partial charge in [0.15, 0.2) is 0 Å². The lowest BCUT2D eigenvalue weighted by atomic mass is 10.2. The number of nitrogens with zero attached hydrogens (tertiary/aromatic N) is 3. The largest absolute Gasteiger partial charge is 0.497 e. The number of carbonyl (C=O) groups is 1. The average Bonchev–Trinajstić information content (AvgIpc) is 2.88. The molecule has 0 aromatic heterocycles. The van der Waals surface area contributed by atoms with E-state index in [9.17, 15) is 17.6 Å². The zero-order chi connectivity index (χ0) is 24.1. The summed E-state index contributed by atoms with van der Waals surface area (Å²) in [4.78, 5) is 17.1. The van der Waals surface area contributed by atoms with E-state index >= 15 is 0 Å². The predicted molar refractivity (Wildman–Crippen MR) is 129 cm³/mol. The van der Waals surface area contributed by atoms with Gasteiger partial charge in [-0.15, -0.1) is 0 Å². The van der Waals surface area contributed by atoms with E-state index in [-0.39, 0.29) is 23.0 Å². The summed E-state index contributed by atoms with van der Waals surface area (Å²) in [6.07, 6.45) is 0. The molecule has 0 spiro atoms. The molecule has 0 bridgehead atoms. The van der Waals surface area contributed by atoms with Crippen molar-refractivity contribution in [3.63, 3.8) is 0 Å². The average molecular weight is 484 g/mol. The van der Waals surface area contributed by atoms with Crippen LogP contribution in [0.4, 0.5) is 15.8 Å². The second-order valence-electron chi connectivity index (χ2n) is 7.87. The monoisotopic (exact) mass is 483 g/mol. The second-order valence-corrected chi connectivity index (χ2v) is 9.73. The molecule has 0 N–H and O–H groups in total. The SMILES string of the molecule is COc1ccc(N2CCN(C(=O)CN(c3ccc(F)cc3)S(=O)(=O)c3ccccc3)CC2)cc1. The third-order valence-electron chi connectivity index (χ3n) is 5.79. The van der Waals surface area contributed by atoms with E-state index in [1.165, 1.54) is 36.4 Å². The Morgan fingerprint density at radius 1 is 0.912 bits per heavy atom. The maximum Gasteiger partial charge on any atom is 0.264 e. The fraction of sp³-hybridized carbons (Fsp3) is 0.240. The normalized spacial score (nSPS) is 14.1. The van der Waals surface area contributed by atoms with Crippen LogP contribution in [0.1, 0.15) is 0 Å². The first-order valence-electron chi connectivity index (χ1n) is 10.9. The minimum Gasteiger partial charge on any atom is -0.497 e. The number of sulfonamides is 1. The lowest BCUT2D eigenvalue weighted by Gasteiger charge is -2.37. The van der Waals surface area contributed by atoms with Crippen molar-refractivity contribution < 1.29 is 22.3 Å². The van der Waals surface area contributed by atoms with Gasteiger partial charge in [0, 0.05) is 31.9 Å². The van der Waals surface area contributed by atoms with Crippen LogP contribution >= 0.6 is 0 Å². The number of piperazine rings is 1. The van der Waals surface area contributed by atoms with Crippen molar-refractivity contribution in [3.05, 3.63) is 84.7 Å². The molecule has 1 amide bonds. The van der Waals surface area contributed by atoms with Gasteiger partial charge >= 0.3 is 0 Å². The van der Waals surface area contributed by atoms with E-state index in [2.05, 4.69) is 4.90 Å². The number of methoxy groups -OCH3 is 1. The lowest BCUT2D eigenvalue weighted by Crippen LogP contribution is -2.52. The Kier molecular flexibility index (Phi) is 7.02. The molecule has 4 rings (SSSR count). The quantitative estimate of drug-likeness (QED) is 0.515. The molecule has 1 saturated heterocycles. The molecule has 0 aliphatic carbocycles. The smallest absolute Gasteiger partial charge is 0.264 e. The van der Waals surface area contributed by atoms with Crippen molar-refractivity contribution in [2.24, 2.45) is 0 Å². The standard InChI is InChI=1S/C25H26FN3O4S/c1-33-23-13-11-21(12-14-23)27-15-17-28(18-16-27)25(30)19-29(22-9-7-20(26)8-10-22)34(31,32)24-5-3-2-4-6-24/h2-14H,15-19H2,1H3. The maximum atomic E-state index is 13.5. The minimum absolute atomic E-state index is 0.0662. The van der Waals surface area contributed by atoms with Gasteiger partial charge in [0.1, 0.15) is 18.1 Å². The Bertz CT molecular complexity index is 1210. The highest BCUT2D eigenvalue weighted by Crippen LogP contribution is 2.25. The molecule has 7 nitrogen and oxygen atoms in total. The first-order valence-corrected chi connectivity index (χ1v) is 12.3. The molecule has 1 fully saturated rings. The number of halogens is 1. The highest BCUT2D eigenvalue weighted by molar-refractivity contribution is 7.92. The molecule has 0 unspecified atom stereocenters. The van der Waals surface area contributed by atoms with Crippen molar-refractivity contribution >= 4 is 27.3 Å². The van der Waals surface area contributed by atoms with Crippen LogP contribution in [0.25, 0.3) is 0 Å². The van der Waals surface area contributed by atoms with Gasteiger partial charge in [-0.25, -0.2) is 12.8 Å². The summed E-state index contributed by atoms with van der Waals surface area (Å²) in [5.74, 6) is -0.0157. The van der Waals surface area contributed by atoms with Crippen molar-refractivity contribution in [1.29, 1.82) is 0 Å². The zero-order valence-corrected chi connectivity index (χ0v) is 19.6. The fourth-order valence-corrected chi connectivity index (χ4v) is 5.31. The van der Waals surface area contributed by atoms with Gasteiger partial charge in [-0.1, -0.05) is 18.2 Å². The van der Waals surface area contributed by atoms with Gasteiger partial charge in [-0.05, 0) is 60.7 Å². The molecule has 0 saturated carbocycles. The number of hydrogen-bond acceptors (Lipinski definition) is 5. The molecule has 9 heteroatoms. The number of ether oxygens (including phenoxy) is 1. The molecular formula is C25H26FN3O4S. The first kappa shape index (κ1) is 23.6. The summed E-state index contributed by atoms with van der Waals surface area (Å²) in [7, 11) is -2.40. The summed E-state index contributed by atoms with van der Waals surface area (Å²) in [5, 5.41) is 0. The predicted octanol–water partition coefficient (Wildman–Crippen LogP) is 3.38. The van der Waals surface area contributed by atoms with Crippen LogP contribution < -0.4 is 13.9 Å². The molecule has 1 heterocycles. The van der Waals surface area contributed by atoms with E-state index in [0.29, 0.717) is 26.2 Å². The van der Waals surface area contributed by atoms with Gasteiger partial charge in [-0.3, -0.25) is 9.10 Å². The molecule has 3 aromatic carbocycles. The zero-order valence-electron chi connectivity index (χ0n) is 18.8.